The van der Waals surface area contributed by atoms with Gasteiger partial charge in [-0.15, -0.1) is 10.2 Å². The summed E-state index contributed by atoms with van der Waals surface area (Å²) < 4.78 is 50.3. The summed E-state index contributed by atoms with van der Waals surface area (Å²) in [5, 5.41) is 8.19. The normalized spacial score (nSPS) is 12.5. The van der Waals surface area contributed by atoms with Gasteiger partial charge in [0.25, 0.3) is 10.0 Å². The van der Waals surface area contributed by atoms with Crippen LogP contribution in [0.3, 0.4) is 0 Å². The molecule has 0 saturated carbocycles. The molecule has 0 unspecified atom stereocenters. The van der Waals surface area contributed by atoms with E-state index in [0.717, 1.165) is 17.6 Å². The molecule has 126 valence electrons. The van der Waals surface area contributed by atoms with Gasteiger partial charge in [0.2, 0.25) is 5.13 Å². The number of nitrogens with zero attached hydrogens (tertiary/aromatic N) is 2. The highest BCUT2D eigenvalue weighted by Crippen LogP contribution is 2.29. The Morgan fingerprint density at radius 2 is 1.61 bits per heavy atom. The van der Waals surface area contributed by atoms with Crippen LogP contribution in [0.15, 0.2) is 38.4 Å². The summed E-state index contributed by atoms with van der Waals surface area (Å²) in [5.74, 6) is 0. The van der Waals surface area contributed by atoms with Crippen molar-refractivity contribution in [1.82, 2.24) is 10.2 Å². The Morgan fingerprint density at radius 3 is 2.13 bits per heavy atom. The fraction of sp³-hybridized carbons (Fsp3) is 0.333. The number of sulfonamides is 1. The van der Waals surface area contributed by atoms with Crippen molar-refractivity contribution in [2.75, 3.05) is 11.0 Å². The summed E-state index contributed by atoms with van der Waals surface area (Å²) in [5.41, 5.74) is 0. The van der Waals surface area contributed by atoms with Crippen LogP contribution in [0.4, 0.5) is 5.13 Å². The highest BCUT2D eigenvalue weighted by molar-refractivity contribution is 8.01. The molecule has 2 rings (SSSR count). The van der Waals surface area contributed by atoms with E-state index in [1.54, 1.807) is 0 Å². The monoisotopic (exact) mass is 393 g/mol. The van der Waals surface area contributed by atoms with Gasteiger partial charge >= 0.3 is 0 Å². The molecule has 11 heteroatoms. The minimum Gasteiger partial charge on any atom is -0.253 e. The summed E-state index contributed by atoms with van der Waals surface area (Å²) in [6, 6.07) is 4.99. The summed E-state index contributed by atoms with van der Waals surface area (Å²) in [6.07, 6.45) is 1.06. The van der Waals surface area contributed by atoms with E-state index < -0.39 is 19.9 Å². The number of aromatic nitrogens is 2. The number of nitrogens with one attached hydrogen (secondary N) is 1. The quantitative estimate of drug-likeness (QED) is 0.750. The average molecular weight is 394 g/mol. The van der Waals surface area contributed by atoms with Gasteiger partial charge in [0.1, 0.15) is 0 Å². The minimum absolute atomic E-state index is 0.0434. The van der Waals surface area contributed by atoms with Crippen LogP contribution in [0.5, 0.6) is 0 Å². The lowest BCUT2D eigenvalue weighted by molar-refractivity contribution is 0.597. The molecular formula is C12H15N3O4S4. The third kappa shape index (κ3) is 4.90. The number of sulfone groups is 1. The SMILES string of the molecule is CC(C)Sc1nnc(NS(=O)(=O)c2ccc(S(C)(=O)=O)cc2)s1. The molecule has 2 aromatic rings. The van der Waals surface area contributed by atoms with Crippen molar-refractivity contribution < 1.29 is 16.8 Å². The van der Waals surface area contributed by atoms with Gasteiger partial charge in [0, 0.05) is 11.5 Å². The smallest absolute Gasteiger partial charge is 0.253 e. The fourth-order valence-electron chi connectivity index (χ4n) is 1.54. The third-order valence-corrected chi connectivity index (χ3v) is 7.07. The van der Waals surface area contributed by atoms with Gasteiger partial charge in [-0.2, -0.15) is 0 Å². The molecule has 0 bridgehead atoms. The number of hydrogen-bond donors (Lipinski definition) is 1. The summed E-state index contributed by atoms with van der Waals surface area (Å²) >= 11 is 2.63. The van der Waals surface area contributed by atoms with E-state index in [0.29, 0.717) is 9.59 Å². The van der Waals surface area contributed by atoms with E-state index in [9.17, 15) is 16.8 Å². The number of rotatable bonds is 6. The molecule has 0 amide bonds. The lowest BCUT2D eigenvalue weighted by Gasteiger charge is -2.05. The Kier molecular flexibility index (Phi) is 5.33. The molecule has 0 aliphatic rings. The highest BCUT2D eigenvalue weighted by Gasteiger charge is 2.18. The van der Waals surface area contributed by atoms with Gasteiger partial charge in [-0.25, -0.2) is 16.8 Å². The Morgan fingerprint density at radius 1 is 1.04 bits per heavy atom. The first-order valence-corrected chi connectivity index (χ1v) is 11.5. The molecule has 1 aromatic carbocycles. The number of hydrogen-bond acceptors (Lipinski definition) is 8. The van der Waals surface area contributed by atoms with Crippen molar-refractivity contribution in [3.05, 3.63) is 24.3 Å². The maximum absolute atomic E-state index is 12.3. The fourth-order valence-corrected chi connectivity index (χ4v) is 5.38. The van der Waals surface area contributed by atoms with Gasteiger partial charge in [-0.1, -0.05) is 36.9 Å². The predicted molar refractivity (Wildman–Crippen MR) is 91.3 cm³/mol. The molecule has 0 aliphatic heterocycles. The van der Waals surface area contributed by atoms with Crippen LogP contribution in [0.1, 0.15) is 13.8 Å². The van der Waals surface area contributed by atoms with E-state index >= 15 is 0 Å². The predicted octanol–water partition coefficient (Wildman–Crippen LogP) is 2.24. The second kappa shape index (κ2) is 6.75. The van der Waals surface area contributed by atoms with Crippen molar-refractivity contribution in [3.8, 4) is 0 Å². The van der Waals surface area contributed by atoms with Crippen molar-refractivity contribution in [2.24, 2.45) is 0 Å². The Labute approximate surface area is 143 Å². The standard InChI is InChI=1S/C12H15N3O4S4/c1-8(2)20-12-14-13-11(21-12)15-23(18,19)10-6-4-9(5-7-10)22(3,16)17/h4-8H,1-3H3,(H,13,15). The summed E-state index contributed by atoms with van der Waals surface area (Å²) in [4.78, 5) is 0.0150. The lowest BCUT2D eigenvalue weighted by atomic mass is 10.4. The molecule has 0 aliphatic carbocycles. The molecule has 1 aromatic heterocycles. The van der Waals surface area contributed by atoms with Gasteiger partial charge in [-0.3, -0.25) is 4.72 Å². The lowest BCUT2D eigenvalue weighted by Crippen LogP contribution is -2.13. The Bertz CT molecular complexity index is 887. The van der Waals surface area contributed by atoms with E-state index in [4.69, 9.17) is 0 Å². The molecule has 0 radical (unpaired) electrons. The zero-order chi connectivity index (χ0) is 17.3. The van der Waals surface area contributed by atoms with Gasteiger partial charge < -0.3 is 0 Å². The molecule has 7 nitrogen and oxygen atoms in total. The average Bonchev–Trinajstić information content (AvgIpc) is 2.83. The van der Waals surface area contributed by atoms with Crippen molar-refractivity contribution in [3.63, 3.8) is 0 Å². The molecule has 1 N–H and O–H groups in total. The van der Waals surface area contributed by atoms with Crippen LogP contribution in [0.2, 0.25) is 0 Å². The van der Waals surface area contributed by atoms with Crippen molar-refractivity contribution in [1.29, 1.82) is 0 Å². The molecule has 1 heterocycles. The topological polar surface area (TPSA) is 106 Å². The first-order chi connectivity index (χ1) is 10.6. The molecule has 23 heavy (non-hydrogen) atoms. The molecule has 0 fully saturated rings. The maximum atomic E-state index is 12.3. The molecule has 0 atom stereocenters. The Balaban J connectivity index is 2.20. The van der Waals surface area contributed by atoms with Gasteiger partial charge in [0.15, 0.2) is 14.2 Å². The van der Waals surface area contributed by atoms with Crippen LogP contribution in [-0.2, 0) is 19.9 Å². The van der Waals surface area contributed by atoms with E-state index in [-0.39, 0.29) is 14.9 Å². The van der Waals surface area contributed by atoms with E-state index in [1.807, 2.05) is 13.8 Å². The first-order valence-electron chi connectivity index (χ1n) is 6.41. The minimum atomic E-state index is -3.84. The second-order valence-electron chi connectivity index (χ2n) is 4.89. The van der Waals surface area contributed by atoms with Crippen molar-refractivity contribution >= 4 is 48.1 Å². The maximum Gasteiger partial charge on any atom is 0.263 e. The largest absolute Gasteiger partial charge is 0.263 e. The van der Waals surface area contributed by atoms with Crippen LogP contribution in [-0.4, -0.2) is 38.5 Å². The van der Waals surface area contributed by atoms with Crippen LogP contribution in [0.25, 0.3) is 0 Å². The van der Waals surface area contributed by atoms with Gasteiger partial charge in [-0.05, 0) is 24.3 Å². The number of thioether (sulfide) groups is 1. The molecular weight excluding hydrogens is 378 g/mol. The van der Waals surface area contributed by atoms with E-state index in [2.05, 4.69) is 14.9 Å². The zero-order valence-electron chi connectivity index (χ0n) is 12.5. The van der Waals surface area contributed by atoms with Crippen LogP contribution < -0.4 is 4.72 Å². The summed E-state index contributed by atoms with van der Waals surface area (Å²) in [7, 11) is -7.21. The molecule has 0 saturated heterocycles. The van der Waals surface area contributed by atoms with Crippen molar-refractivity contribution in [2.45, 2.75) is 33.2 Å². The first kappa shape index (κ1) is 18.2. The van der Waals surface area contributed by atoms with Crippen LogP contribution >= 0.6 is 23.1 Å². The second-order valence-corrected chi connectivity index (χ2v) is 11.4. The number of anilines is 1. The zero-order valence-corrected chi connectivity index (χ0v) is 15.8. The van der Waals surface area contributed by atoms with E-state index in [1.165, 1.54) is 36.0 Å². The van der Waals surface area contributed by atoms with Crippen LogP contribution in [0, 0.1) is 0 Å². The van der Waals surface area contributed by atoms with Gasteiger partial charge in [0.05, 0.1) is 9.79 Å². The Hall–Kier alpha value is -1.17. The number of benzene rings is 1. The molecule has 0 spiro atoms. The summed E-state index contributed by atoms with van der Waals surface area (Å²) in [6.45, 7) is 4.00. The highest BCUT2D eigenvalue weighted by atomic mass is 32.2. The third-order valence-electron chi connectivity index (χ3n) is 2.53.